The third-order valence-electron chi connectivity index (χ3n) is 5.85. The number of likely N-dealkylation sites (N-methyl/N-ethyl adjacent to an activating group) is 1. The molecule has 28 heavy (non-hydrogen) atoms. The summed E-state index contributed by atoms with van der Waals surface area (Å²) in [5.41, 5.74) is 3.23. The van der Waals surface area contributed by atoms with Gasteiger partial charge in [0.1, 0.15) is 11.6 Å². The number of likely N-dealkylation sites (tertiary alicyclic amines) is 1. The van der Waals surface area contributed by atoms with Crippen molar-refractivity contribution in [2.75, 3.05) is 39.0 Å². The zero-order chi connectivity index (χ0) is 19.5. The van der Waals surface area contributed by atoms with Crippen molar-refractivity contribution in [1.82, 2.24) is 19.8 Å². The summed E-state index contributed by atoms with van der Waals surface area (Å²) < 4.78 is 0. The number of aromatic nitrogens is 2. The summed E-state index contributed by atoms with van der Waals surface area (Å²) in [7, 11) is 4.07. The van der Waals surface area contributed by atoms with Gasteiger partial charge in [-0.15, -0.1) is 0 Å². The van der Waals surface area contributed by atoms with Gasteiger partial charge in [-0.25, -0.2) is 9.97 Å². The van der Waals surface area contributed by atoms with E-state index in [0.29, 0.717) is 18.9 Å². The third kappa shape index (κ3) is 4.02. The molecule has 1 saturated heterocycles. The molecule has 1 aromatic heterocycles. The summed E-state index contributed by atoms with van der Waals surface area (Å²) in [6, 6.07) is 9.94. The molecule has 0 spiro atoms. The van der Waals surface area contributed by atoms with E-state index in [1.54, 1.807) is 0 Å². The van der Waals surface area contributed by atoms with Crippen LogP contribution in [-0.2, 0) is 24.2 Å². The van der Waals surface area contributed by atoms with Gasteiger partial charge in [0.2, 0.25) is 5.91 Å². The van der Waals surface area contributed by atoms with Crippen molar-refractivity contribution < 1.29 is 4.79 Å². The fourth-order valence-electron chi connectivity index (χ4n) is 4.29. The van der Waals surface area contributed by atoms with Crippen molar-refractivity contribution >= 4 is 11.7 Å². The molecule has 2 aromatic rings. The Bertz CT molecular complexity index is 821. The highest BCUT2D eigenvalue weighted by molar-refractivity contribution is 5.79. The highest BCUT2D eigenvalue weighted by Crippen LogP contribution is 2.29. The first kappa shape index (κ1) is 18.9. The summed E-state index contributed by atoms with van der Waals surface area (Å²) in [5.74, 6) is 2.40. The fourth-order valence-corrected chi connectivity index (χ4v) is 4.29. The maximum absolute atomic E-state index is 12.8. The molecular formula is C22H29N5O. The van der Waals surface area contributed by atoms with E-state index in [1.165, 1.54) is 6.42 Å². The zero-order valence-corrected chi connectivity index (χ0v) is 16.8. The monoisotopic (exact) mass is 379 g/mol. The number of hydrogen-bond donors (Lipinski definition) is 1. The van der Waals surface area contributed by atoms with Gasteiger partial charge in [-0.2, -0.15) is 0 Å². The Kier molecular flexibility index (Phi) is 5.57. The quantitative estimate of drug-likeness (QED) is 0.884. The highest BCUT2D eigenvalue weighted by atomic mass is 16.2. The van der Waals surface area contributed by atoms with E-state index in [9.17, 15) is 4.79 Å². The molecule has 1 fully saturated rings. The number of nitrogens with zero attached hydrogens (tertiary/aromatic N) is 4. The summed E-state index contributed by atoms with van der Waals surface area (Å²) in [6.07, 6.45) is 3.58. The van der Waals surface area contributed by atoms with Crippen molar-refractivity contribution in [3.63, 3.8) is 0 Å². The predicted molar refractivity (Wildman–Crippen MR) is 110 cm³/mol. The number of hydrogen-bond acceptors (Lipinski definition) is 5. The first-order valence-corrected chi connectivity index (χ1v) is 10.2. The number of nitrogens with one attached hydrogen (secondary N) is 1. The number of rotatable bonds is 4. The number of piperidine rings is 1. The molecule has 1 amide bonds. The van der Waals surface area contributed by atoms with Crippen LogP contribution < -0.4 is 5.32 Å². The van der Waals surface area contributed by atoms with Crippen LogP contribution in [0.15, 0.2) is 30.3 Å². The number of fused-ring (bicyclic) bond motifs is 1. The maximum atomic E-state index is 12.8. The maximum Gasteiger partial charge on any atom is 0.227 e. The van der Waals surface area contributed by atoms with E-state index < -0.39 is 0 Å². The molecule has 148 valence electrons. The SMILES string of the molecule is CNc1nc([C@H]2CCCN(C)C2)nc2c1CN(C(=O)Cc1ccccc1)CC2. The lowest BCUT2D eigenvalue weighted by molar-refractivity contribution is -0.131. The normalized spacial score (nSPS) is 19.9. The smallest absolute Gasteiger partial charge is 0.227 e. The Labute approximate surface area is 167 Å². The molecule has 3 heterocycles. The molecule has 4 rings (SSSR count). The van der Waals surface area contributed by atoms with Crippen molar-refractivity contribution in [3.05, 3.63) is 53.0 Å². The van der Waals surface area contributed by atoms with Crippen LogP contribution in [0.4, 0.5) is 5.82 Å². The van der Waals surface area contributed by atoms with Gasteiger partial charge >= 0.3 is 0 Å². The Morgan fingerprint density at radius 1 is 1.21 bits per heavy atom. The molecule has 6 nitrogen and oxygen atoms in total. The lowest BCUT2D eigenvalue weighted by Gasteiger charge is -2.32. The molecule has 2 aliphatic heterocycles. The van der Waals surface area contributed by atoms with Gasteiger partial charge in [0.25, 0.3) is 0 Å². The van der Waals surface area contributed by atoms with Crippen molar-refractivity contribution in [3.8, 4) is 0 Å². The van der Waals surface area contributed by atoms with Crippen molar-refractivity contribution in [1.29, 1.82) is 0 Å². The van der Waals surface area contributed by atoms with Gasteiger partial charge < -0.3 is 15.1 Å². The van der Waals surface area contributed by atoms with E-state index in [4.69, 9.17) is 9.97 Å². The molecule has 1 aromatic carbocycles. The third-order valence-corrected chi connectivity index (χ3v) is 5.85. The minimum atomic E-state index is 0.164. The van der Waals surface area contributed by atoms with Gasteiger partial charge in [0.05, 0.1) is 18.7 Å². The molecule has 0 unspecified atom stereocenters. The summed E-state index contributed by atoms with van der Waals surface area (Å²) in [6.45, 7) is 3.48. The van der Waals surface area contributed by atoms with Gasteiger partial charge in [-0.3, -0.25) is 4.79 Å². The fraction of sp³-hybridized carbons (Fsp3) is 0.500. The highest BCUT2D eigenvalue weighted by Gasteiger charge is 2.28. The van der Waals surface area contributed by atoms with E-state index in [-0.39, 0.29) is 5.91 Å². The van der Waals surface area contributed by atoms with Crippen LogP contribution in [0, 0.1) is 0 Å². The molecule has 6 heteroatoms. The molecule has 0 bridgehead atoms. The Morgan fingerprint density at radius 3 is 2.79 bits per heavy atom. The second-order valence-corrected chi connectivity index (χ2v) is 7.93. The van der Waals surface area contributed by atoms with Gasteiger partial charge in [-0.1, -0.05) is 30.3 Å². The van der Waals surface area contributed by atoms with Crippen LogP contribution in [0.25, 0.3) is 0 Å². The number of anilines is 1. The largest absolute Gasteiger partial charge is 0.373 e. The molecule has 0 aliphatic carbocycles. The molecular weight excluding hydrogens is 350 g/mol. The Morgan fingerprint density at radius 2 is 2.04 bits per heavy atom. The standard InChI is InChI=1S/C22H29N5O/c1-23-22-18-15-27(20(28)13-16-7-4-3-5-8-16)12-10-19(18)24-21(25-22)17-9-6-11-26(2)14-17/h3-5,7-8,17H,6,9-15H2,1-2H3,(H,23,24,25)/t17-/m0/s1. The summed E-state index contributed by atoms with van der Waals surface area (Å²) >= 11 is 0. The minimum Gasteiger partial charge on any atom is -0.373 e. The van der Waals surface area contributed by atoms with Crippen molar-refractivity contribution in [2.24, 2.45) is 0 Å². The van der Waals surface area contributed by atoms with Crippen LogP contribution in [-0.4, -0.2) is 59.4 Å². The average Bonchev–Trinajstić information content (AvgIpc) is 2.73. The van der Waals surface area contributed by atoms with E-state index >= 15 is 0 Å². The molecule has 0 saturated carbocycles. The topological polar surface area (TPSA) is 61.4 Å². The average molecular weight is 380 g/mol. The Hall–Kier alpha value is -2.47. The number of carbonyl (C=O) groups excluding carboxylic acids is 1. The number of benzene rings is 1. The van der Waals surface area contributed by atoms with Crippen LogP contribution in [0.2, 0.25) is 0 Å². The van der Waals surface area contributed by atoms with Gasteiger partial charge in [0.15, 0.2) is 0 Å². The van der Waals surface area contributed by atoms with Crippen LogP contribution >= 0.6 is 0 Å². The van der Waals surface area contributed by atoms with Crippen molar-refractivity contribution in [2.45, 2.75) is 38.1 Å². The first-order valence-electron chi connectivity index (χ1n) is 10.2. The molecule has 2 aliphatic rings. The van der Waals surface area contributed by atoms with Gasteiger partial charge in [-0.05, 0) is 32.0 Å². The van der Waals surface area contributed by atoms with Gasteiger partial charge in [0, 0.05) is 38.0 Å². The molecule has 0 radical (unpaired) electrons. The summed E-state index contributed by atoms with van der Waals surface area (Å²) in [4.78, 5) is 26.9. The molecule has 1 N–H and O–H groups in total. The summed E-state index contributed by atoms with van der Waals surface area (Å²) in [5, 5.41) is 3.25. The number of amides is 1. The lowest BCUT2D eigenvalue weighted by atomic mass is 9.96. The molecule has 1 atom stereocenters. The zero-order valence-electron chi connectivity index (χ0n) is 16.8. The van der Waals surface area contributed by atoms with E-state index in [0.717, 1.165) is 60.9 Å². The van der Waals surface area contributed by atoms with Crippen LogP contribution in [0.5, 0.6) is 0 Å². The van der Waals surface area contributed by atoms with Crippen LogP contribution in [0.3, 0.4) is 0 Å². The lowest BCUT2D eigenvalue weighted by Crippen LogP contribution is -2.38. The Balaban J connectivity index is 1.52. The van der Waals surface area contributed by atoms with E-state index in [1.807, 2.05) is 42.3 Å². The number of carbonyl (C=O) groups is 1. The second kappa shape index (κ2) is 8.27. The second-order valence-electron chi connectivity index (χ2n) is 7.93. The van der Waals surface area contributed by atoms with E-state index in [2.05, 4.69) is 17.3 Å². The first-order chi connectivity index (χ1) is 13.6. The van der Waals surface area contributed by atoms with Crippen LogP contribution in [0.1, 0.15) is 41.4 Å². The predicted octanol–water partition coefficient (Wildman–Crippen LogP) is 2.45. The minimum absolute atomic E-state index is 0.164.